The zero-order valence-electron chi connectivity index (χ0n) is 10.6. The Bertz CT molecular complexity index is 892. The summed E-state index contributed by atoms with van der Waals surface area (Å²) in [4.78, 5) is 33.5. The van der Waals surface area contributed by atoms with Crippen molar-refractivity contribution in [1.82, 2.24) is 15.0 Å². The van der Waals surface area contributed by atoms with Crippen LogP contribution in [0.1, 0.15) is 10.4 Å². The van der Waals surface area contributed by atoms with E-state index in [1.54, 1.807) is 18.2 Å². The third-order valence-corrected chi connectivity index (χ3v) is 3.67. The Hall–Kier alpha value is -2.67. The number of rotatable bonds is 3. The minimum Gasteiger partial charge on any atom is -0.478 e. The molecule has 3 aromatic rings. The molecule has 0 aliphatic heterocycles. The minimum absolute atomic E-state index is 0.0743. The first-order chi connectivity index (χ1) is 10.1. The fraction of sp³-hybridized carbons (Fsp3) is 0. The summed E-state index contributed by atoms with van der Waals surface area (Å²) in [5.74, 6) is -1.07. The fourth-order valence-corrected chi connectivity index (χ4v) is 2.67. The van der Waals surface area contributed by atoms with Gasteiger partial charge in [0.15, 0.2) is 5.16 Å². The number of aromatic amines is 1. The molecule has 0 atom stereocenters. The van der Waals surface area contributed by atoms with Gasteiger partial charge in [-0.15, -0.1) is 0 Å². The summed E-state index contributed by atoms with van der Waals surface area (Å²) in [6.45, 7) is 0. The Morgan fingerprint density at radius 1 is 1.24 bits per heavy atom. The van der Waals surface area contributed by atoms with Gasteiger partial charge in [-0.05, 0) is 23.9 Å². The smallest absolute Gasteiger partial charge is 0.338 e. The average molecular weight is 299 g/mol. The van der Waals surface area contributed by atoms with Crippen molar-refractivity contribution in [2.24, 2.45) is 0 Å². The van der Waals surface area contributed by atoms with Crippen LogP contribution >= 0.6 is 11.8 Å². The summed E-state index contributed by atoms with van der Waals surface area (Å²) in [7, 11) is 0. The van der Waals surface area contributed by atoms with E-state index in [-0.39, 0.29) is 16.1 Å². The second-order valence-electron chi connectivity index (χ2n) is 4.18. The number of hydrogen-bond acceptors (Lipinski definition) is 5. The molecule has 0 fully saturated rings. The number of pyridine rings is 1. The molecule has 104 valence electrons. The van der Waals surface area contributed by atoms with E-state index in [0.717, 1.165) is 17.1 Å². The van der Waals surface area contributed by atoms with Gasteiger partial charge in [0, 0.05) is 17.6 Å². The SMILES string of the molecule is O=C(O)c1cc2ccccc2nc1Sc1nccc(=O)[nH]1. The third-order valence-electron chi connectivity index (χ3n) is 2.76. The van der Waals surface area contributed by atoms with Crippen LogP contribution in [-0.2, 0) is 0 Å². The maximum atomic E-state index is 11.4. The number of carbonyl (C=O) groups is 1. The predicted octanol–water partition coefficient (Wildman–Crippen LogP) is 2.17. The number of fused-ring (bicyclic) bond motifs is 1. The Labute approximate surface area is 122 Å². The first-order valence-electron chi connectivity index (χ1n) is 6.00. The second-order valence-corrected chi connectivity index (χ2v) is 5.16. The topological polar surface area (TPSA) is 95.9 Å². The number of carboxylic acid groups (broad SMARTS) is 1. The number of para-hydroxylation sites is 1. The third kappa shape index (κ3) is 2.77. The van der Waals surface area contributed by atoms with Gasteiger partial charge < -0.3 is 10.1 Å². The van der Waals surface area contributed by atoms with Gasteiger partial charge in [0.25, 0.3) is 5.56 Å². The normalized spacial score (nSPS) is 10.7. The molecule has 0 bridgehead atoms. The number of benzene rings is 1. The van der Waals surface area contributed by atoms with Crippen molar-refractivity contribution < 1.29 is 9.90 Å². The highest BCUT2D eigenvalue weighted by molar-refractivity contribution is 7.99. The van der Waals surface area contributed by atoms with Crippen molar-refractivity contribution in [2.45, 2.75) is 10.2 Å². The van der Waals surface area contributed by atoms with Gasteiger partial charge in [0.05, 0.1) is 11.1 Å². The molecule has 2 heterocycles. The van der Waals surface area contributed by atoms with Crippen LogP contribution < -0.4 is 5.56 Å². The molecule has 6 nitrogen and oxygen atoms in total. The number of nitrogens with zero attached hydrogens (tertiary/aromatic N) is 2. The maximum absolute atomic E-state index is 11.4. The van der Waals surface area contributed by atoms with Gasteiger partial charge in [-0.1, -0.05) is 18.2 Å². The molecule has 0 amide bonds. The van der Waals surface area contributed by atoms with Crippen molar-refractivity contribution in [1.29, 1.82) is 0 Å². The van der Waals surface area contributed by atoms with Crippen LogP contribution in [0.3, 0.4) is 0 Å². The molecule has 0 aliphatic carbocycles. The lowest BCUT2D eigenvalue weighted by atomic mass is 10.1. The molecule has 7 heteroatoms. The van der Waals surface area contributed by atoms with E-state index in [4.69, 9.17) is 0 Å². The summed E-state index contributed by atoms with van der Waals surface area (Å²) >= 11 is 1.01. The van der Waals surface area contributed by atoms with Crippen molar-refractivity contribution in [2.75, 3.05) is 0 Å². The minimum atomic E-state index is -1.07. The first-order valence-corrected chi connectivity index (χ1v) is 6.81. The van der Waals surface area contributed by atoms with E-state index in [0.29, 0.717) is 10.7 Å². The summed E-state index contributed by atoms with van der Waals surface area (Å²) < 4.78 is 0. The molecule has 3 rings (SSSR count). The summed E-state index contributed by atoms with van der Waals surface area (Å²) in [6.07, 6.45) is 1.36. The Balaban J connectivity index is 2.13. The summed E-state index contributed by atoms with van der Waals surface area (Å²) in [5, 5.41) is 10.6. The van der Waals surface area contributed by atoms with Crippen LogP contribution in [0.2, 0.25) is 0 Å². The number of H-pyrrole nitrogens is 1. The van der Waals surface area contributed by atoms with E-state index >= 15 is 0 Å². The van der Waals surface area contributed by atoms with Crippen LogP contribution in [0.15, 0.2) is 57.6 Å². The molecule has 0 spiro atoms. The lowest BCUT2D eigenvalue weighted by Gasteiger charge is -2.06. The molecule has 1 aromatic carbocycles. The predicted molar refractivity (Wildman–Crippen MR) is 77.7 cm³/mol. The molecule has 0 radical (unpaired) electrons. The number of hydrogen-bond donors (Lipinski definition) is 2. The van der Waals surface area contributed by atoms with Crippen LogP contribution in [0.4, 0.5) is 0 Å². The van der Waals surface area contributed by atoms with Crippen LogP contribution in [0, 0.1) is 0 Å². The Morgan fingerprint density at radius 2 is 2.05 bits per heavy atom. The van der Waals surface area contributed by atoms with Crippen molar-refractivity contribution in [3.8, 4) is 0 Å². The van der Waals surface area contributed by atoms with E-state index in [1.165, 1.54) is 12.3 Å². The number of aromatic carboxylic acids is 1. The molecule has 0 saturated heterocycles. The zero-order chi connectivity index (χ0) is 14.8. The van der Waals surface area contributed by atoms with Crippen LogP contribution in [-0.4, -0.2) is 26.0 Å². The maximum Gasteiger partial charge on any atom is 0.338 e. The highest BCUT2D eigenvalue weighted by atomic mass is 32.2. The number of aromatic nitrogens is 3. The number of carboxylic acids is 1. The van der Waals surface area contributed by atoms with Gasteiger partial charge in [-0.2, -0.15) is 0 Å². The van der Waals surface area contributed by atoms with Gasteiger partial charge >= 0.3 is 5.97 Å². The van der Waals surface area contributed by atoms with Crippen LogP contribution in [0.25, 0.3) is 10.9 Å². The second kappa shape index (κ2) is 5.37. The lowest BCUT2D eigenvalue weighted by molar-refractivity contribution is 0.0692. The summed E-state index contributed by atoms with van der Waals surface area (Å²) in [6, 6.07) is 10.1. The van der Waals surface area contributed by atoms with Crippen molar-refractivity contribution in [3.05, 3.63) is 58.5 Å². The van der Waals surface area contributed by atoms with Gasteiger partial charge in [0.2, 0.25) is 0 Å². The van der Waals surface area contributed by atoms with Crippen LogP contribution in [0.5, 0.6) is 0 Å². The monoisotopic (exact) mass is 299 g/mol. The molecule has 0 unspecified atom stereocenters. The molecule has 0 aliphatic rings. The van der Waals surface area contributed by atoms with E-state index < -0.39 is 5.97 Å². The molecule has 0 saturated carbocycles. The first kappa shape index (κ1) is 13.3. The van der Waals surface area contributed by atoms with Crippen molar-refractivity contribution in [3.63, 3.8) is 0 Å². The van der Waals surface area contributed by atoms with E-state index in [1.807, 2.05) is 12.1 Å². The zero-order valence-corrected chi connectivity index (χ0v) is 11.4. The fourth-order valence-electron chi connectivity index (χ4n) is 1.82. The highest BCUT2D eigenvalue weighted by Crippen LogP contribution is 2.28. The van der Waals surface area contributed by atoms with Crippen molar-refractivity contribution >= 4 is 28.6 Å². The molecule has 2 N–H and O–H groups in total. The molecular formula is C14H9N3O3S. The molecular weight excluding hydrogens is 290 g/mol. The highest BCUT2D eigenvalue weighted by Gasteiger charge is 2.15. The largest absolute Gasteiger partial charge is 0.478 e. The van der Waals surface area contributed by atoms with Gasteiger partial charge in [-0.25, -0.2) is 14.8 Å². The Kier molecular flexibility index (Phi) is 3.41. The van der Waals surface area contributed by atoms with E-state index in [2.05, 4.69) is 15.0 Å². The van der Waals surface area contributed by atoms with E-state index in [9.17, 15) is 14.7 Å². The standard InChI is InChI=1S/C14H9N3O3S/c18-11-5-6-15-14(17-11)21-12-9(13(19)20)7-8-3-1-2-4-10(8)16-12/h1-7H,(H,19,20)(H,15,17,18). The van der Waals surface area contributed by atoms with Gasteiger partial charge in [-0.3, -0.25) is 4.79 Å². The molecule has 2 aromatic heterocycles. The molecule has 21 heavy (non-hydrogen) atoms. The number of nitrogens with one attached hydrogen (secondary N) is 1. The lowest BCUT2D eigenvalue weighted by Crippen LogP contribution is -2.06. The van der Waals surface area contributed by atoms with Gasteiger partial charge in [0.1, 0.15) is 5.03 Å². The summed E-state index contributed by atoms with van der Waals surface area (Å²) in [5.41, 5.74) is 0.457. The quantitative estimate of drug-likeness (QED) is 0.719. The Morgan fingerprint density at radius 3 is 2.81 bits per heavy atom. The average Bonchev–Trinajstić information content (AvgIpc) is 2.46.